The SMILES string of the molecule is C=C(C)[C@@H]1CC(CO)[C@]2(CO)CC=C3C(CCC4[C@@]5(C)CCC(O)C(C)(C)C5CC[C@@]34C)C12. The molecule has 0 aromatic rings. The third kappa shape index (κ3) is 2.97. The van der Waals surface area contributed by atoms with Crippen LogP contribution in [-0.2, 0) is 0 Å². The largest absolute Gasteiger partial charge is 0.396 e. The summed E-state index contributed by atoms with van der Waals surface area (Å²) >= 11 is 0. The molecule has 0 bridgehead atoms. The first-order valence-corrected chi connectivity index (χ1v) is 13.7. The van der Waals surface area contributed by atoms with Crippen molar-refractivity contribution in [3.05, 3.63) is 23.8 Å². The molecule has 0 saturated heterocycles. The Kier molecular flexibility index (Phi) is 5.60. The van der Waals surface area contributed by atoms with Crippen molar-refractivity contribution in [1.29, 1.82) is 0 Å². The molecule has 5 aliphatic rings. The molecular weight excluding hydrogens is 408 g/mol. The van der Waals surface area contributed by atoms with Crippen LogP contribution in [0.2, 0.25) is 0 Å². The van der Waals surface area contributed by atoms with Gasteiger partial charge in [-0.3, -0.25) is 0 Å². The Morgan fingerprint density at radius 2 is 1.76 bits per heavy atom. The highest BCUT2D eigenvalue weighted by molar-refractivity contribution is 5.33. The lowest BCUT2D eigenvalue weighted by Gasteiger charge is -2.67. The van der Waals surface area contributed by atoms with E-state index in [-0.39, 0.29) is 46.9 Å². The molecule has 0 aromatic carbocycles. The van der Waals surface area contributed by atoms with E-state index in [9.17, 15) is 15.3 Å². The van der Waals surface area contributed by atoms with Gasteiger partial charge in [0.05, 0.1) is 6.10 Å². The Morgan fingerprint density at radius 3 is 2.39 bits per heavy atom. The molecule has 33 heavy (non-hydrogen) atoms. The topological polar surface area (TPSA) is 60.7 Å². The molecule has 0 radical (unpaired) electrons. The van der Waals surface area contributed by atoms with Crippen LogP contribution in [0.4, 0.5) is 0 Å². The van der Waals surface area contributed by atoms with Gasteiger partial charge in [-0.1, -0.05) is 51.5 Å². The number of hydrogen-bond acceptors (Lipinski definition) is 3. The van der Waals surface area contributed by atoms with Crippen molar-refractivity contribution < 1.29 is 15.3 Å². The Morgan fingerprint density at radius 1 is 1.03 bits per heavy atom. The molecule has 5 rings (SSSR count). The maximum Gasteiger partial charge on any atom is 0.0594 e. The molecule has 10 atom stereocenters. The minimum absolute atomic E-state index is 0.0109. The summed E-state index contributed by atoms with van der Waals surface area (Å²) in [6, 6.07) is 0. The Hall–Kier alpha value is -0.640. The van der Waals surface area contributed by atoms with Crippen molar-refractivity contribution in [2.75, 3.05) is 13.2 Å². The zero-order valence-corrected chi connectivity index (χ0v) is 21.7. The van der Waals surface area contributed by atoms with Gasteiger partial charge in [-0.2, -0.15) is 0 Å². The summed E-state index contributed by atoms with van der Waals surface area (Å²) in [5.74, 6) is 2.73. The minimum atomic E-state index is -0.187. The summed E-state index contributed by atoms with van der Waals surface area (Å²) in [5, 5.41) is 31.9. The fourth-order valence-electron chi connectivity index (χ4n) is 10.9. The Bertz CT molecular complexity index is 843. The van der Waals surface area contributed by atoms with Crippen LogP contribution < -0.4 is 0 Å². The lowest BCUT2D eigenvalue weighted by Crippen LogP contribution is -2.61. The second kappa shape index (κ2) is 7.68. The van der Waals surface area contributed by atoms with Crippen LogP contribution in [-0.4, -0.2) is 34.6 Å². The van der Waals surface area contributed by atoms with Gasteiger partial charge in [0.1, 0.15) is 0 Å². The molecule has 4 fully saturated rings. The zero-order valence-electron chi connectivity index (χ0n) is 21.7. The van der Waals surface area contributed by atoms with Gasteiger partial charge in [-0.05, 0) is 110 Å². The van der Waals surface area contributed by atoms with Crippen molar-refractivity contribution in [2.45, 2.75) is 92.1 Å². The molecule has 4 saturated carbocycles. The van der Waals surface area contributed by atoms with Gasteiger partial charge < -0.3 is 15.3 Å². The first kappa shape index (κ1) is 24.1. The molecule has 0 aliphatic heterocycles. The van der Waals surface area contributed by atoms with E-state index in [0.717, 1.165) is 25.7 Å². The average Bonchev–Trinajstić information content (AvgIpc) is 3.12. The van der Waals surface area contributed by atoms with E-state index in [1.807, 2.05) is 0 Å². The van der Waals surface area contributed by atoms with E-state index in [0.29, 0.717) is 29.6 Å². The van der Waals surface area contributed by atoms with Crippen LogP contribution in [0.5, 0.6) is 0 Å². The van der Waals surface area contributed by atoms with Gasteiger partial charge in [0, 0.05) is 18.6 Å². The van der Waals surface area contributed by atoms with Crippen molar-refractivity contribution in [3.8, 4) is 0 Å². The summed E-state index contributed by atoms with van der Waals surface area (Å²) in [6.07, 6.45) is 11.2. The number of aliphatic hydroxyl groups is 3. The van der Waals surface area contributed by atoms with Crippen LogP contribution in [0.3, 0.4) is 0 Å². The van der Waals surface area contributed by atoms with Gasteiger partial charge in [-0.25, -0.2) is 0 Å². The summed E-state index contributed by atoms with van der Waals surface area (Å²) in [5.41, 5.74) is 3.22. The highest BCUT2D eigenvalue weighted by atomic mass is 16.3. The van der Waals surface area contributed by atoms with E-state index < -0.39 is 0 Å². The van der Waals surface area contributed by atoms with E-state index in [4.69, 9.17) is 0 Å². The van der Waals surface area contributed by atoms with Gasteiger partial charge in [0.2, 0.25) is 0 Å². The van der Waals surface area contributed by atoms with E-state index in [1.54, 1.807) is 5.57 Å². The average molecular weight is 457 g/mol. The lowest BCUT2D eigenvalue weighted by atomic mass is 9.38. The quantitative estimate of drug-likeness (QED) is 0.474. The van der Waals surface area contributed by atoms with Gasteiger partial charge in [-0.15, -0.1) is 0 Å². The number of aliphatic hydroxyl groups excluding tert-OH is 3. The lowest BCUT2D eigenvalue weighted by molar-refractivity contribution is -0.175. The Balaban J connectivity index is 1.55. The molecule has 186 valence electrons. The van der Waals surface area contributed by atoms with E-state index in [2.05, 4.69) is 47.3 Å². The molecule has 5 aliphatic carbocycles. The van der Waals surface area contributed by atoms with E-state index >= 15 is 0 Å². The number of allylic oxidation sites excluding steroid dienone is 3. The van der Waals surface area contributed by atoms with Crippen molar-refractivity contribution in [3.63, 3.8) is 0 Å². The monoisotopic (exact) mass is 456 g/mol. The third-order valence-electron chi connectivity index (χ3n) is 12.6. The van der Waals surface area contributed by atoms with Crippen LogP contribution in [0, 0.1) is 57.2 Å². The molecular formula is C30H48O3. The first-order chi connectivity index (χ1) is 15.5. The van der Waals surface area contributed by atoms with Crippen molar-refractivity contribution in [1.82, 2.24) is 0 Å². The fourth-order valence-corrected chi connectivity index (χ4v) is 10.9. The van der Waals surface area contributed by atoms with Crippen LogP contribution in [0.1, 0.15) is 86.0 Å². The van der Waals surface area contributed by atoms with Crippen LogP contribution in [0.25, 0.3) is 0 Å². The molecule has 0 aromatic heterocycles. The second-order valence-corrected chi connectivity index (χ2v) is 14.0. The molecule has 6 unspecified atom stereocenters. The number of rotatable bonds is 3. The maximum absolute atomic E-state index is 10.9. The predicted octanol–water partition coefficient (Wildman–Crippen LogP) is 5.75. The molecule has 0 spiro atoms. The zero-order chi connectivity index (χ0) is 24.0. The first-order valence-electron chi connectivity index (χ1n) is 13.7. The second-order valence-electron chi connectivity index (χ2n) is 14.0. The fraction of sp³-hybridized carbons (Fsp3) is 0.867. The molecule has 3 nitrogen and oxygen atoms in total. The third-order valence-corrected chi connectivity index (χ3v) is 12.6. The summed E-state index contributed by atoms with van der Waals surface area (Å²) in [6.45, 7) is 16.7. The van der Waals surface area contributed by atoms with Gasteiger partial charge in [0.15, 0.2) is 0 Å². The molecule has 3 N–H and O–H groups in total. The van der Waals surface area contributed by atoms with Crippen molar-refractivity contribution in [2.24, 2.45) is 57.2 Å². The minimum Gasteiger partial charge on any atom is -0.396 e. The number of fused-ring (bicyclic) bond motifs is 7. The van der Waals surface area contributed by atoms with Gasteiger partial charge in [0.25, 0.3) is 0 Å². The summed E-state index contributed by atoms with van der Waals surface area (Å²) < 4.78 is 0. The van der Waals surface area contributed by atoms with Gasteiger partial charge >= 0.3 is 0 Å². The standard InChI is InChI=1S/C30H48O3/c1-18(2)21-15-19(16-31)30(17-32)14-9-22-20(26(21)30)7-8-24-28(22,5)12-10-23-27(3,4)25(33)11-13-29(23,24)6/h9,19-21,23-26,31-33H,1,7-8,10-17H2,2-6H3/t19?,20?,21-,23?,24?,25?,26?,28-,29-,30+/m0/s1. The van der Waals surface area contributed by atoms with Crippen molar-refractivity contribution >= 4 is 0 Å². The molecule has 3 heteroatoms. The molecule has 0 amide bonds. The highest BCUT2D eigenvalue weighted by Gasteiger charge is 2.66. The molecule has 0 heterocycles. The Labute approximate surface area is 201 Å². The van der Waals surface area contributed by atoms with E-state index in [1.165, 1.54) is 31.3 Å². The normalized spacial score (nSPS) is 52.7. The summed E-state index contributed by atoms with van der Waals surface area (Å²) in [7, 11) is 0. The number of hydrogen-bond donors (Lipinski definition) is 3. The summed E-state index contributed by atoms with van der Waals surface area (Å²) in [4.78, 5) is 0. The maximum atomic E-state index is 10.9. The highest BCUT2D eigenvalue weighted by Crippen LogP contribution is 2.73. The predicted molar refractivity (Wildman–Crippen MR) is 133 cm³/mol. The smallest absolute Gasteiger partial charge is 0.0594 e. The van der Waals surface area contributed by atoms with Crippen LogP contribution in [0.15, 0.2) is 23.8 Å². The van der Waals surface area contributed by atoms with Crippen LogP contribution >= 0.6 is 0 Å².